The zero-order valence-corrected chi connectivity index (χ0v) is 13.5. The molecule has 1 aliphatic rings. The van der Waals surface area contributed by atoms with Gasteiger partial charge in [-0.25, -0.2) is 9.79 Å². The first-order valence-corrected chi connectivity index (χ1v) is 8.23. The van der Waals surface area contributed by atoms with Gasteiger partial charge in [-0.15, -0.1) is 0 Å². The maximum absolute atomic E-state index is 12.4. The maximum Gasteiger partial charge on any atom is 0.342 e. The van der Waals surface area contributed by atoms with Crippen LogP contribution in [0.4, 0.5) is 0 Å². The number of ether oxygens (including phenoxy) is 1. The number of carbonyl (C=O) groups is 1. The third kappa shape index (κ3) is 2.85. The molecule has 4 heteroatoms. The highest BCUT2D eigenvalue weighted by atomic mass is 127. The second kappa shape index (κ2) is 5.97. The molecule has 0 aromatic heterocycles. The third-order valence-electron chi connectivity index (χ3n) is 3.47. The molecule has 106 valence electrons. The molecule has 1 atom stereocenters. The van der Waals surface area contributed by atoms with Crippen molar-refractivity contribution in [3.8, 4) is 0 Å². The lowest BCUT2D eigenvalue weighted by molar-refractivity contribution is -0.138. The molecule has 3 nitrogen and oxygen atoms in total. The Labute approximate surface area is 137 Å². The molecule has 1 heterocycles. The van der Waals surface area contributed by atoms with E-state index in [0.29, 0.717) is 16.7 Å². The van der Waals surface area contributed by atoms with E-state index in [1.165, 1.54) is 0 Å². The van der Waals surface area contributed by atoms with Gasteiger partial charge in [-0.1, -0.05) is 71.1 Å². The lowest BCUT2D eigenvalue weighted by Crippen LogP contribution is -2.38. The van der Waals surface area contributed by atoms with E-state index >= 15 is 0 Å². The van der Waals surface area contributed by atoms with Gasteiger partial charge in [-0.05, 0) is 17.7 Å². The molecule has 0 unspecified atom stereocenters. The van der Waals surface area contributed by atoms with Gasteiger partial charge in [0, 0.05) is 16.4 Å². The van der Waals surface area contributed by atoms with Crippen LogP contribution in [0.2, 0.25) is 0 Å². The SMILES string of the molecule is O=C1OC(c2ccccc2)=N[C@]1(CI)Cc1ccccc1. The number of hydrogen-bond donors (Lipinski definition) is 0. The van der Waals surface area contributed by atoms with Crippen LogP contribution < -0.4 is 0 Å². The van der Waals surface area contributed by atoms with E-state index in [1.807, 2.05) is 60.7 Å². The molecule has 2 aromatic rings. The molecule has 3 rings (SSSR count). The number of rotatable bonds is 4. The minimum absolute atomic E-state index is 0.264. The summed E-state index contributed by atoms with van der Waals surface area (Å²) >= 11 is 2.21. The lowest BCUT2D eigenvalue weighted by Gasteiger charge is -2.18. The van der Waals surface area contributed by atoms with Crippen LogP contribution in [-0.4, -0.2) is 21.8 Å². The quantitative estimate of drug-likeness (QED) is 0.455. The predicted octanol–water partition coefficient (Wildman–Crippen LogP) is 3.41. The molecule has 0 saturated heterocycles. The van der Waals surface area contributed by atoms with Gasteiger partial charge < -0.3 is 4.74 Å². The van der Waals surface area contributed by atoms with Crippen molar-refractivity contribution >= 4 is 34.5 Å². The fourth-order valence-electron chi connectivity index (χ4n) is 2.33. The van der Waals surface area contributed by atoms with Crippen LogP contribution in [0.25, 0.3) is 0 Å². The number of alkyl halides is 1. The van der Waals surface area contributed by atoms with Crippen LogP contribution in [0, 0.1) is 0 Å². The van der Waals surface area contributed by atoms with Gasteiger partial charge in [0.15, 0.2) is 5.54 Å². The molecule has 21 heavy (non-hydrogen) atoms. The van der Waals surface area contributed by atoms with Crippen molar-refractivity contribution in [1.82, 2.24) is 0 Å². The summed E-state index contributed by atoms with van der Waals surface area (Å²) in [4.78, 5) is 17.0. The number of benzene rings is 2. The van der Waals surface area contributed by atoms with Gasteiger partial charge in [0.05, 0.1) is 0 Å². The van der Waals surface area contributed by atoms with Crippen molar-refractivity contribution in [2.75, 3.05) is 4.43 Å². The second-order valence-corrected chi connectivity index (χ2v) is 5.76. The fraction of sp³-hybridized carbons (Fsp3) is 0.176. The van der Waals surface area contributed by atoms with Crippen molar-refractivity contribution in [3.63, 3.8) is 0 Å². The summed E-state index contributed by atoms with van der Waals surface area (Å²) in [7, 11) is 0. The summed E-state index contributed by atoms with van der Waals surface area (Å²) in [6, 6.07) is 19.5. The molecule has 0 spiro atoms. The van der Waals surface area contributed by atoms with E-state index in [-0.39, 0.29) is 5.97 Å². The van der Waals surface area contributed by atoms with Gasteiger partial charge in [-0.3, -0.25) is 0 Å². The van der Waals surface area contributed by atoms with Crippen LogP contribution >= 0.6 is 22.6 Å². The molecule has 1 aliphatic heterocycles. The van der Waals surface area contributed by atoms with Crippen molar-refractivity contribution in [2.24, 2.45) is 4.99 Å². The topological polar surface area (TPSA) is 38.7 Å². The number of esters is 1. The van der Waals surface area contributed by atoms with Crippen LogP contribution in [0.15, 0.2) is 65.7 Å². The highest BCUT2D eigenvalue weighted by molar-refractivity contribution is 14.1. The predicted molar refractivity (Wildman–Crippen MR) is 90.8 cm³/mol. The third-order valence-corrected chi connectivity index (χ3v) is 4.73. The first-order valence-electron chi connectivity index (χ1n) is 6.71. The summed E-state index contributed by atoms with van der Waals surface area (Å²) in [6.07, 6.45) is 0.561. The summed E-state index contributed by atoms with van der Waals surface area (Å²) in [5, 5.41) is 0. The monoisotopic (exact) mass is 391 g/mol. The second-order valence-electron chi connectivity index (χ2n) is 5.00. The number of cyclic esters (lactones) is 1. The Morgan fingerprint density at radius 3 is 2.24 bits per heavy atom. The lowest BCUT2D eigenvalue weighted by atomic mass is 9.94. The Bertz CT molecular complexity index is 670. The molecule has 2 aromatic carbocycles. The Morgan fingerprint density at radius 2 is 1.62 bits per heavy atom. The molecular weight excluding hydrogens is 377 g/mol. The normalized spacial score (nSPS) is 21.0. The van der Waals surface area contributed by atoms with Gasteiger partial charge in [-0.2, -0.15) is 0 Å². The minimum atomic E-state index is -0.812. The van der Waals surface area contributed by atoms with Crippen LogP contribution in [0.3, 0.4) is 0 Å². The Hall–Kier alpha value is -1.69. The van der Waals surface area contributed by atoms with Gasteiger partial charge in [0.25, 0.3) is 0 Å². The molecule has 0 bridgehead atoms. The zero-order valence-electron chi connectivity index (χ0n) is 11.3. The van der Waals surface area contributed by atoms with Crippen molar-refractivity contribution in [3.05, 3.63) is 71.8 Å². The average molecular weight is 391 g/mol. The Morgan fingerprint density at radius 1 is 1.00 bits per heavy atom. The average Bonchev–Trinajstić information content (AvgIpc) is 2.87. The van der Waals surface area contributed by atoms with Gasteiger partial charge in [0.2, 0.25) is 5.90 Å². The highest BCUT2D eigenvalue weighted by Gasteiger charge is 2.45. The maximum atomic E-state index is 12.4. The molecule has 0 amide bonds. The van der Waals surface area contributed by atoms with E-state index in [9.17, 15) is 4.79 Å². The molecule has 0 radical (unpaired) electrons. The summed E-state index contributed by atoms with van der Waals surface area (Å²) in [5.41, 5.74) is 1.11. The van der Waals surface area contributed by atoms with E-state index in [2.05, 4.69) is 27.6 Å². The smallest absolute Gasteiger partial charge is 0.342 e. The first-order chi connectivity index (χ1) is 10.2. The van der Waals surface area contributed by atoms with Crippen molar-refractivity contribution in [1.29, 1.82) is 0 Å². The van der Waals surface area contributed by atoms with Crippen LogP contribution in [0.1, 0.15) is 11.1 Å². The molecule has 0 saturated carbocycles. The standard InChI is InChI=1S/C17H14INO2/c18-12-17(11-13-7-3-1-4-8-13)16(20)21-15(19-17)14-9-5-2-6-10-14/h1-10H,11-12H2/t17-/m0/s1. The minimum Gasteiger partial charge on any atom is -0.405 e. The highest BCUT2D eigenvalue weighted by Crippen LogP contribution is 2.29. The Balaban J connectivity index is 1.94. The van der Waals surface area contributed by atoms with Gasteiger partial charge >= 0.3 is 5.97 Å². The van der Waals surface area contributed by atoms with Crippen LogP contribution in [0.5, 0.6) is 0 Å². The van der Waals surface area contributed by atoms with Crippen molar-refractivity contribution < 1.29 is 9.53 Å². The fourth-order valence-corrected chi connectivity index (χ4v) is 3.08. The summed E-state index contributed by atoms with van der Waals surface area (Å²) in [6.45, 7) is 0. The molecule has 0 N–H and O–H groups in total. The van der Waals surface area contributed by atoms with Gasteiger partial charge in [0.1, 0.15) is 0 Å². The summed E-state index contributed by atoms with van der Waals surface area (Å²) in [5.74, 6) is 0.160. The summed E-state index contributed by atoms with van der Waals surface area (Å²) < 4.78 is 6.02. The molecule has 0 aliphatic carbocycles. The Kier molecular flexibility index (Phi) is 4.05. The van der Waals surface area contributed by atoms with E-state index < -0.39 is 5.54 Å². The van der Waals surface area contributed by atoms with E-state index in [1.54, 1.807) is 0 Å². The first kappa shape index (κ1) is 14.3. The van der Waals surface area contributed by atoms with Crippen LogP contribution in [-0.2, 0) is 16.0 Å². The largest absolute Gasteiger partial charge is 0.405 e. The molecule has 0 fully saturated rings. The number of carbonyl (C=O) groups excluding carboxylic acids is 1. The molecular formula is C17H14INO2. The van der Waals surface area contributed by atoms with E-state index in [4.69, 9.17) is 4.74 Å². The number of aliphatic imine (C=N–C) groups is 1. The van der Waals surface area contributed by atoms with Crippen molar-refractivity contribution in [2.45, 2.75) is 12.0 Å². The van der Waals surface area contributed by atoms with E-state index in [0.717, 1.165) is 11.1 Å². The number of halogens is 1. The number of hydrogen-bond acceptors (Lipinski definition) is 3. The zero-order chi connectivity index (χ0) is 14.7. The number of nitrogens with zero attached hydrogens (tertiary/aromatic N) is 1.